The third-order valence-corrected chi connectivity index (χ3v) is 2.89. The van der Waals surface area contributed by atoms with E-state index in [0.717, 1.165) is 31.6 Å². The Balaban J connectivity index is 1.94. The van der Waals surface area contributed by atoms with Gasteiger partial charge in [0.15, 0.2) is 0 Å². The summed E-state index contributed by atoms with van der Waals surface area (Å²) in [5.74, 6) is -1.61. The standard InChI is InChI=1S/C12H14F2N2O/c13-9-1-2-10(11(14)5-9)12(17)16-7-8-3-4-15-6-8/h1-2,5,8,15H,3-4,6-7H2,(H,16,17). The van der Waals surface area contributed by atoms with Crippen LogP contribution < -0.4 is 10.6 Å². The highest BCUT2D eigenvalue weighted by Gasteiger charge is 2.17. The largest absolute Gasteiger partial charge is 0.352 e. The first-order chi connectivity index (χ1) is 8.16. The van der Waals surface area contributed by atoms with Gasteiger partial charge in [-0.15, -0.1) is 0 Å². The predicted octanol–water partition coefficient (Wildman–Crippen LogP) is 1.30. The Morgan fingerprint density at radius 1 is 1.47 bits per heavy atom. The van der Waals surface area contributed by atoms with Gasteiger partial charge in [-0.25, -0.2) is 8.78 Å². The normalized spacial score (nSPS) is 19.3. The molecule has 1 heterocycles. The minimum Gasteiger partial charge on any atom is -0.352 e. The second-order valence-corrected chi connectivity index (χ2v) is 4.19. The molecule has 1 aromatic rings. The Morgan fingerprint density at radius 2 is 2.29 bits per heavy atom. The second-order valence-electron chi connectivity index (χ2n) is 4.19. The summed E-state index contributed by atoms with van der Waals surface area (Å²) >= 11 is 0. The molecule has 0 bridgehead atoms. The van der Waals surface area contributed by atoms with Crippen LogP contribution in [-0.4, -0.2) is 25.5 Å². The minimum atomic E-state index is -0.827. The molecule has 0 aromatic heterocycles. The van der Waals surface area contributed by atoms with Crippen molar-refractivity contribution in [3.05, 3.63) is 35.4 Å². The topological polar surface area (TPSA) is 41.1 Å². The van der Waals surface area contributed by atoms with Gasteiger partial charge in [0, 0.05) is 12.6 Å². The first-order valence-corrected chi connectivity index (χ1v) is 5.61. The van der Waals surface area contributed by atoms with E-state index in [1.54, 1.807) is 0 Å². The Kier molecular flexibility index (Phi) is 3.68. The molecule has 0 radical (unpaired) electrons. The fourth-order valence-electron chi connectivity index (χ4n) is 1.89. The van der Waals surface area contributed by atoms with Crippen molar-refractivity contribution in [2.75, 3.05) is 19.6 Å². The quantitative estimate of drug-likeness (QED) is 0.836. The van der Waals surface area contributed by atoms with Crippen LogP contribution >= 0.6 is 0 Å². The maximum atomic E-state index is 13.3. The number of hydrogen-bond acceptors (Lipinski definition) is 2. The van der Waals surface area contributed by atoms with E-state index in [9.17, 15) is 13.6 Å². The van der Waals surface area contributed by atoms with Crippen molar-refractivity contribution in [1.82, 2.24) is 10.6 Å². The van der Waals surface area contributed by atoms with Gasteiger partial charge in [0.25, 0.3) is 5.91 Å². The number of amides is 1. The summed E-state index contributed by atoms with van der Waals surface area (Å²) in [6, 6.07) is 2.95. The van der Waals surface area contributed by atoms with Gasteiger partial charge < -0.3 is 10.6 Å². The molecule has 1 atom stereocenters. The number of halogens is 2. The average molecular weight is 240 g/mol. The van der Waals surface area contributed by atoms with E-state index < -0.39 is 17.5 Å². The molecule has 1 aromatic carbocycles. The molecule has 0 aliphatic carbocycles. The molecule has 2 N–H and O–H groups in total. The first kappa shape index (κ1) is 12.0. The molecular formula is C12H14F2N2O. The van der Waals surface area contributed by atoms with Gasteiger partial charge in [-0.05, 0) is 37.6 Å². The second kappa shape index (κ2) is 5.23. The summed E-state index contributed by atoms with van der Waals surface area (Å²) in [6.07, 6.45) is 1.01. The van der Waals surface area contributed by atoms with E-state index in [1.165, 1.54) is 0 Å². The third-order valence-electron chi connectivity index (χ3n) is 2.89. The van der Waals surface area contributed by atoms with Crippen LogP contribution in [0.1, 0.15) is 16.8 Å². The van der Waals surface area contributed by atoms with Crippen LogP contribution in [0.25, 0.3) is 0 Å². The highest BCUT2D eigenvalue weighted by atomic mass is 19.1. The van der Waals surface area contributed by atoms with Crippen LogP contribution in [0, 0.1) is 17.6 Å². The SMILES string of the molecule is O=C(NCC1CCNC1)c1ccc(F)cc1F. The van der Waals surface area contributed by atoms with Crippen LogP contribution in [0.15, 0.2) is 18.2 Å². The highest BCUT2D eigenvalue weighted by Crippen LogP contribution is 2.10. The van der Waals surface area contributed by atoms with Gasteiger partial charge in [-0.2, -0.15) is 0 Å². The van der Waals surface area contributed by atoms with Crippen molar-refractivity contribution >= 4 is 5.91 Å². The molecule has 3 nitrogen and oxygen atoms in total. The number of benzene rings is 1. The summed E-state index contributed by atoms with van der Waals surface area (Å²) in [6.45, 7) is 2.33. The van der Waals surface area contributed by atoms with E-state index in [1.807, 2.05) is 0 Å². The van der Waals surface area contributed by atoms with Gasteiger partial charge in [0.1, 0.15) is 11.6 Å². The maximum absolute atomic E-state index is 13.3. The van der Waals surface area contributed by atoms with E-state index in [4.69, 9.17) is 0 Å². The maximum Gasteiger partial charge on any atom is 0.254 e. The van der Waals surface area contributed by atoms with E-state index in [2.05, 4.69) is 10.6 Å². The summed E-state index contributed by atoms with van der Waals surface area (Å²) < 4.78 is 26.0. The van der Waals surface area contributed by atoms with E-state index in [-0.39, 0.29) is 5.56 Å². The fraction of sp³-hybridized carbons (Fsp3) is 0.417. The molecule has 5 heteroatoms. The minimum absolute atomic E-state index is 0.114. The summed E-state index contributed by atoms with van der Waals surface area (Å²) in [4.78, 5) is 11.6. The molecule has 92 valence electrons. The zero-order chi connectivity index (χ0) is 12.3. The van der Waals surface area contributed by atoms with Crippen molar-refractivity contribution in [1.29, 1.82) is 0 Å². The van der Waals surface area contributed by atoms with Crippen molar-refractivity contribution in [2.45, 2.75) is 6.42 Å². The Bertz CT molecular complexity index is 417. The van der Waals surface area contributed by atoms with Crippen LogP contribution in [0.2, 0.25) is 0 Å². The Morgan fingerprint density at radius 3 is 2.94 bits per heavy atom. The number of carbonyl (C=O) groups excluding carboxylic acids is 1. The molecule has 1 unspecified atom stereocenters. The molecule has 1 fully saturated rings. The molecule has 1 aliphatic rings. The lowest BCUT2D eigenvalue weighted by Crippen LogP contribution is -2.30. The van der Waals surface area contributed by atoms with E-state index in [0.29, 0.717) is 18.5 Å². The molecule has 2 rings (SSSR count). The van der Waals surface area contributed by atoms with Crippen LogP contribution in [-0.2, 0) is 0 Å². The summed E-state index contributed by atoms with van der Waals surface area (Å²) in [5.41, 5.74) is -0.114. The molecular weight excluding hydrogens is 226 g/mol. The molecule has 1 aliphatic heterocycles. The lowest BCUT2D eigenvalue weighted by atomic mass is 10.1. The zero-order valence-electron chi connectivity index (χ0n) is 9.30. The molecule has 17 heavy (non-hydrogen) atoms. The lowest BCUT2D eigenvalue weighted by Gasteiger charge is -2.10. The monoisotopic (exact) mass is 240 g/mol. The van der Waals surface area contributed by atoms with Crippen LogP contribution in [0.4, 0.5) is 8.78 Å². The predicted molar refractivity (Wildman–Crippen MR) is 59.7 cm³/mol. The third kappa shape index (κ3) is 3.00. The Hall–Kier alpha value is -1.49. The van der Waals surface area contributed by atoms with Gasteiger partial charge >= 0.3 is 0 Å². The van der Waals surface area contributed by atoms with Gasteiger partial charge in [0.2, 0.25) is 0 Å². The highest BCUT2D eigenvalue weighted by molar-refractivity contribution is 5.94. The summed E-state index contributed by atoms with van der Waals surface area (Å²) in [5, 5.41) is 5.84. The number of rotatable bonds is 3. The van der Waals surface area contributed by atoms with Crippen LogP contribution in [0.5, 0.6) is 0 Å². The number of carbonyl (C=O) groups is 1. The van der Waals surface area contributed by atoms with Gasteiger partial charge in [0.05, 0.1) is 5.56 Å². The number of hydrogen-bond donors (Lipinski definition) is 2. The van der Waals surface area contributed by atoms with Crippen molar-refractivity contribution in [3.63, 3.8) is 0 Å². The molecule has 0 spiro atoms. The molecule has 1 amide bonds. The van der Waals surface area contributed by atoms with Gasteiger partial charge in [-0.1, -0.05) is 0 Å². The number of nitrogens with one attached hydrogen (secondary N) is 2. The van der Waals surface area contributed by atoms with Crippen molar-refractivity contribution in [3.8, 4) is 0 Å². The lowest BCUT2D eigenvalue weighted by molar-refractivity contribution is 0.0944. The zero-order valence-corrected chi connectivity index (χ0v) is 9.30. The smallest absolute Gasteiger partial charge is 0.254 e. The van der Waals surface area contributed by atoms with Crippen LogP contribution in [0.3, 0.4) is 0 Å². The summed E-state index contributed by atoms with van der Waals surface area (Å²) in [7, 11) is 0. The first-order valence-electron chi connectivity index (χ1n) is 5.61. The molecule has 0 saturated carbocycles. The van der Waals surface area contributed by atoms with Crippen molar-refractivity contribution in [2.24, 2.45) is 5.92 Å². The molecule has 1 saturated heterocycles. The Labute approximate surface area is 98.2 Å². The van der Waals surface area contributed by atoms with Gasteiger partial charge in [-0.3, -0.25) is 4.79 Å². The van der Waals surface area contributed by atoms with Crippen molar-refractivity contribution < 1.29 is 13.6 Å². The van der Waals surface area contributed by atoms with E-state index >= 15 is 0 Å². The average Bonchev–Trinajstić information content (AvgIpc) is 2.78. The fourth-order valence-corrected chi connectivity index (χ4v) is 1.89.